The molecule has 0 bridgehead atoms. The molecule has 1 aliphatic rings. The molecule has 2 rings (SSSR count). The Hall–Kier alpha value is -1.42. The van der Waals surface area contributed by atoms with Crippen LogP contribution in [0.5, 0.6) is 0 Å². The SMILES string of the molecule is N[C@@H]1CCCCN(Cc2ccccn2)C1=O. The molecule has 1 saturated heterocycles. The Kier molecular flexibility index (Phi) is 3.51. The van der Waals surface area contributed by atoms with Crippen LogP contribution in [0.15, 0.2) is 24.4 Å². The Morgan fingerprint density at radius 1 is 1.44 bits per heavy atom. The van der Waals surface area contributed by atoms with Gasteiger partial charge in [0.2, 0.25) is 5.91 Å². The summed E-state index contributed by atoms with van der Waals surface area (Å²) in [5, 5.41) is 0. The molecule has 1 aliphatic heterocycles. The van der Waals surface area contributed by atoms with Gasteiger partial charge in [-0.3, -0.25) is 9.78 Å². The fourth-order valence-electron chi connectivity index (χ4n) is 1.98. The standard InChI is InChI=1S/C12H17N3O/c13-11-6-2-4-8-15(12(11)16)9-10-5-1-3-7-14-10/h1,3,5,7,11H,2,4,6,8-9,13H2/t11-/m1/s1. The molecule has 1 aromatic rings. The van der Waals surface area contributed by atoms with Crippen LogP contribution in [0, 0.1) is 0 Å². The van der Waals surface area contributed by atoms with Crippen molar-refractivity contribution < 1.29 is 4.79 Å². The van der Waals surface area contributed by atoms with E-state index in [0.717, 1.165) is 31.5 Å². The molecule has 4 nitrogen and oxygen atoms in total. The molecular weight excluding hydrogens is 202 g/mol. The van der Waals surface area contributed by atoms with E-state index in [1.54, 1.807) is 6.20 Å². The van der Waals surface area contributed by atoms with E-state index in [1.807, 2.05) is 23.1 Å². The molecule has 0 aromatic carbocycles. The van der Waals surface area contributed by atoms with Crippen LogP contribution >= 0.6 is 0 Å². The summed E-state index contributed by atoms with van der Waals surface area (Å²) >= 11 is 0. The van der Waals surface area contributed by atoms with Crippen molar-refractivity contribution in [2.75, 3.05) is 6.54 Å². The van der Waals surface area contributed by atoms with E-state index in [-0.39, 0.29) is 11.9 Å². The predicted molar refractivity (Wildman–Crippen MR) is 61.5 cm³/mol. The van der Waals surface area contributed by atoms with Gasteiger partial charge in [-0.15, -0.1) is 0 Å². The summed E-state index contributed by atoms with van der Waals surface area (Å²) in [7, 11) is 0. The fourth-order valence-corrected chi connectivity index (χ4v) is 1.98. The van der Waals surface area contributed by atoms with Gasteiger partial charge < -0.3 is 10.6 Å². The second-order valence-corrected chi connectivity index (χ2v) is 4.18. The number of hydrogen-bond acceptors (Lipinski definition) is 3. The number of nitrogens with two attached hydrogens (primary N) is 1. The Bertz CT molecular complexity index is 353. The van der Waals surface area contributed by atoms with Crippen molar-refractivity contribution in [3.63, 3.8) is 0 Å². The zero-order valence-corrected chi connectivity index (χ0v) is 9.30. The van der Waals surface area contributed by atoms with Gasteiger partial charge in [-0.25, -0.2) is 0 Å². The Morgan fingerprint density at radius 2 is 2.31 bits per heavy atom. The summed E-state index contributed by atoms with van der Waals surface area (Å²) in [6, 6.07) is 5.42. The van der Waals surface area contributed by atoms with Gasteiger partial charge in [0.15, 0.2) is 0 Å². The fraction of sp³-hybridized carbons (Fsp3) is 0.500. The number of rotatable bonds is 2. The van der Waals surface area contributed by atoms with Crippen molar-refractivity contribution >= 4 is 5.91 Å². The first kappa shape index (κ1) is 11.1. The summed E-state index contributed by atoms with van der Waals surface area (Å²) in [5.41, 5.74) is 6.73. The highest BCUT2D eigenvalue weighted by Crippen LogP contribution is 2.12. The third-order valence-corrected chi connectivity index (χ3v) is 2.90. The first-order valence-electron chi connectivity index (χ1n) is 5.71. The number of hydrogen-bond donors (Lipinski definition) is 1. The molecular formula is C12H17N3O. The predicted octanol–water partition coefficient (Wildman–Crippen LogP) is 0.921. The van der Waals surface area contributed by atoms with Crippen molar-refractivity contribution in [2.45, 2.75) is 31.8 Å². The topological polar surface area (TPSA) is 59.2 Å². The van der Waals surface area contributed by atoms with Crippen LogP contribution in [0.4, 0.5) is 0 Å². The third-order valence-electron chi connectivity index (χ3n) is 2.90. The molecule has 2 heterocycles. The molecule has 16 heavy (non-hydrogen) atoms. The molecule has 1 amide bonds. The lowest BCUT2D eigenvalue weighted by molar-refractivity contribution is -0.132. The van der Waals surface area contributed by atoms with Gasteiger partial charge in [0.05, 0.1) is 18.3 Å². The van der Waals surface area contributed by atoms with Gasteiger partial charge in [-0.1, -0.05) is 6.07 Å². The molecule has 0 spiro atoms. The molecule has 0 unspecified atom stereocenters. The van der Waals surface area contributed by atoms with E-state index in [2.05, 4.69) is 4.98 Å². The van der Waals surface area contributed by atoms with Gasteiger partial charge in [0.1, 0.15) is 0 Å². The average molecular weight is 219 g/mol. The minimum atomic E-state index is -0.328. The third kappa shape index (κ3) is 2.58. The molecule has 86 valence electrons. The van der Waals surface area contributed by atoms with Crippen molar-refractivity contribution in [1.82, 2.24) is 9.88 Å². The van der Waals surface area contributed by atoms with Crippen LogP contribution < -0.4 is 5.73 Å². The maximum absolute atomic E-state index is 11.9. The zero-order valence-electron chi connectivity index (χ0n) is 9.30. The average Bonchev–Trinajstić information content (AvgIpc) is 2.46. The van der Waals surface area contributed by atoms with Crippen molar-refractivity contribution in [3.05, 3.63) is 30.1 Å². The summed E-state index contributed by atoms with van der Waals surface area (Å²) in [5.74, 6) is 0.0585. The van der Waals surface area contributed by atoms with Gasteiger partial charge >= 0.3 is 0 Å². The van der Waals surface area contributed by atoms with Crippen molar-refractivity contribution in [2.24, 2.45) is 5.73 Å². The molecule has 0 aliphatic carbocycles. The lowest BCUT2D eigenvalue weighted by atomic mass is 10.1. The van der Waals surface area contributed by atoms with Gasteiger partial charge in [-0.2, -0.15) is 0 Å². The van der Waals surface area contributed by atoms with Crippen LogP contribution in [0.1, 0.15) is 25.0 Å². The minimum Gasteiger partial charge on any atom is -0.335 e. The van der Waals surface area contributed by atoms with Crippen LogP contribution in [0.3, 0.4) is 0 Å². The lowest BCUT2D eigenvalue weighted by Gasteiger charge is -2.22. The molecule has 1 aromatic heterocycles. The van der Waals surface area contributed by atoms with Gasteiger partial charge in [0.25, 0.3) is 0 Å². The van der Waals surface area contributed by atoms with Crippen molar-refractivity contribution in [3.8, 4) is 0 Å². The number of amides is 1. The Balaban J connectivity index is 2.05. The highest BCUT2D eigenvalue weighted by Gasteiger charge is 2.23. The van der Waals surface area contributed by atoms with Crippen LogP contribution in [-0.2, 0) is 11.3 Å². The highest BCUT2D eigenvalue weighted by molar-refractivity contribution is 5.81. The second-order valence-electron chi connectivity index (χ2n) is 4.18. The first-order valence-corrected chi connectivity index (χ1v) is 5.71. The highest BCUT2D eigenvalue weighted by atomic mass is 16.2. The Morgan fingerprint density at radius 3 is 3.06 bits per heavy atom. The Labute approximate surface area is 95.5 Å². The van der Waals surface area contributed by atoms with E-state index in [0.29, 0.717) is 6.54 Å². The number of nitrogens with zero attached hydrogens (tertiary/aromatic N) is 2. The molecule has 1 fully saturated rings. The first-order chi connectivity index (χ1) is 7.77. The number of likely N-dealkylation sites (tertiary alicyclic amines) is 1. The van der Waals surface area contributed by atoms with Gasteiger partial charge in [-0.05, 0) is 31.4 Å². The van der Waals surface area contributed by atoms with Crippen LogP contribution in [0.25, 0.3) is 0 Å². The normalized spacial score (nSPS) is 21.9. The summed E-state index contributed by atoms with van der Waals surface area (Å²) in [6.07, 6.45) is 4.62. The smallest absolute Gasteiger partial charge is 0.239 e. The van der Waals surface area contributed by atoms with E-state index in [4.69, 9.17) is 5.73 Å². The van der Waals surface area contributed by atoms with Crippen LogP contribution in [0.2, 0.25) is 0 Å². The molecule has 0 saturated carbocycles. The molecule has 1 atom stereocenters. The van der Waals surface area contributed by atoms with E-state index in [1.165, 1.54) is 0 Å². The molecule has 0 radical (unpaired) electrons. The summed E-state index contributed by atoms with van der Waals surface area (Å²) in [6.45, 7) is 1.37. The van der Waals surface area contributed by atoms with Crippen molar-refractivity contribution in [1.29, 1.82) is 0 Å². The maximum atomic E-state index is 11.9. The monoisotopic (exact) mass is 219 g/mol. The number of pyridine rings is 1. The van der Waals surface area contributed by atoms with Gasteiger partial charge in [0, 0.05) is 12.7 Å². The largest absolute Gasteiger partial charge is 0.335 e. The second kappa shape index (κ2) is 5.07. The number of carbonyl (C=O) groups excluding carboxylic acids is 1. The summed E-state index contributed by atoms with van der Waals surface area (Å²) in [4.78, 5) is 18.0. The lowest BCUT2D eigenvalue weighted by Crippen LogP contribution is -2.41. The van der Waals surface area contributed by atoms with Crippen LogP contribution in [-0.4, -0.2) is 28.4 Å². The molecule has 4 heteroatoms. The zero-order chi connectivity index (χ0) is 11.4. The summed E-state index contributed by atoms with van der Waals surface area (Å²) < 4.78 is 0. The quantitative estimate of drug-likeness (QED) is 0.804. The van der Waals surface area contributed by atoms with E-state index in [9.17, 15) is 4.79 Å². The maximum Gasteiger partial charge on any atom is 0.239 e. The minimum absolute atomic E-state index is 0.0585. The number of aromatic nitrogens is 1. The van der Waals surface area contributed by atoms with E-state index >= 15 is 0 Å². The van der Waals surface area contributed by atoms with E-state index < -0.39 is 0 Å². The number of carbonyl (C=O) groups is 1. The molecule has 2 N–H and O–H groups in total.